The van der Waals surface area contributed by atoms with Gasteiger partial charge in [-0.15, -0.1) is 6.58 Å². The van der Waals surface area contributed by atoms with Crippen LogP contribution in [0.4, 0.5) is 4.79 Å². The van der Waals surface area contributed by atoms with Gasteiger partial charge in [0.25, 0.3) is 5.56 Å². The number of nitrogens with zero attached hydrogens (tertiary/aromatic N) is 2. The van der Waals surface area contributed by atoms with Gasteiger partial charge in [-0.05, 0) is 18.6 Å². The van der Waals surface area contributed by atoms with Gasteiger partial charge in [-0.3, -0.25) is 19.5 Å². The third-order valence-electron chi connectivity index (χ3n) is 4.05. The maximum absolute atomic E-state index is 12.9. The molecule has 0 spiro atoms. The summed E-state index contributed by atoms with van der Waals surface area (Å²) >= 11 is 1.15. The van der Waals surface area contributed by atoms with Gasteiger partial charge in [-0.1, -0.05) is 56.2 Å². The number of thioether (sulfide) groups is 1. The van der Waals surface area contributed by atoms with Gasteiger partial charge in [0.1, 0.15) is 0 Å². The number of hydrogen-bond acceptors (Lipinski definition) is 5. The van der Waals surface area contributed by atoms with Crippen LogP contribution in [0.1, 0.15) is 32.6 Å². The van der Waals surface area contributed by atoms with E-state index in [-0.39, 0.29) is 17.9 Å². The summed E-state index contributed by atoms with van der Waals surface area (Å²) in [6.45, 7) is 6.46. The zero-order valence-electron chi connectivity index (χ0n) is 16.1. The third-order valence-corrected chi connectivity index (χ3v) is 5.03. The number of nitrogens with one attached hydrogen (secondary N) is 2. The summed E-state index contributed by atoms with van der Waals surface area (Å²) in [7, 11) is 0. The van der Waals surface area contributed by atoms with E-state index in [1.54, 1.807) is 16.7 Å². The molecule has 0 aliphatic rings. The Morgan fingerprint density at radius 2 is 2.04 bits per heavy atom. The van der Waals surface area contributed by atoms with Crippen LogP contribution >= 0.6 is 11.8 Å². The van der Waals surface area contributed by atoms with Crippen LogP contribution in [0, 0.1) is 0 Å². The van der Waals surface area contributed by atoms with E-state index >= 15 is 0 Å². The molecule has 0 saturated carbocycles. The molecule has 1 heterocycles. The highest BCUT2D eigenvalue weighted by Gasteiger charge is 2.14. The number of imide groups is 1. The van der Waals surface area contributed by atoms with Gasteiger partial charge in [-0.25, -0.2) is 9.78 Å². The minimum absolute atomic E-state index is 0.0126. The van der Waals surface area contributed by atoms with Crippen molar-refractivity contribution >= 4 is 34.6 Å². The molecule has 0 unspecified atom stereocenters. The number of amides is 3. The zero-order chi connectivity index (χ0) is 20.4. The van der Waals surface area contributed by atoms with Crippen molar-refractivity contribution in [2.24, 2.45) is 0 Å². The predicted octanol–water partition coefficient (Wildman–Crippen LogP) is 3.08. The lowest BCUT2D eigenvalue weighted by Crippen LogP contribution is -2.40. The largest absolute Gasteiger partial charge is 0.334 e. The fraction of sp³-hybridized carbons (Fsp3) is 0.400. The summed E-state index contributed by atoms with van der Waals surface area (Å²) in [6, 6.07) is 6.61. The van der Waals surface area contributed by atoms with Crippen LogP contribution in [0.15, 0.2) is 46.9 Å². The van der Waals surface area contributed by atoms with Crippen molar-refractivity contribution in [3.63, 3.8) is 0 Å². The van der Waals surface area contributed by atoms with Crippen molar-refractivity contribution in [3.05, 3.63) is 47.3 Å². The van der Waals surface area contributed by atoms with Gasteiger partial charge in [0, 0.05) is 13.1 Å². The molecule has 28 heavy (non-hydrogen) atoms. The number of carbonyl (C=O) groups excluding carboxylic acids is 2. The van der Waals surface area contributed by atoms with Gasteiger partial charge < -0.3 is 5.32 Å². The number of hydrogen-bond donors (Lipinski definition) is 2. The summed E-state index contributed by atoms with van der Waals surface area (Å²) in [4.78, 5) is 41.0. The molecule has 2 aromatic rings. The molecule has 150 valence electrons. The number of carbonyl (C=O) groups is 2. The molecule has 0 fully saturated rings. The average molecular weight is 403 g/mol. The second-order valence-corrected chi connectivity index (χ2v) is 7.21. The van der Waals surface area contributed by atoms with Gasteiger partial charge >= 0.3 is 6.03 Å². The highest BCUT2D eigenvalue weighted by atomic mass is 32.2. The molecule has 0 bridgehead atoms. The predicted molar refractivity (Wildman–Crippen MR) is 113 cm³/mol. The van der Waals surface area contributed by atoms with Gasteiger partial charge in [0.15, 0.2) is 5.16 Å². The summed E-state index contributed by atoms with van der Waals surface area (Å²) in [5.41, 5.74) is 0.498. The Balaban J connectivity index is 2.14. The van der Waals surface area contributed by atoms with E-state index in [4.69, 9.17) is 0 Å². The van der Waals surface area contributed by atoms with Crippen LogP contribution in [0.5, 0.6) is 0 Å². The summed E-state index contributed by atoms with van der Waals surface area (Å²) in [5.74, 6) is -0.465. The lowest BCUT2D eigenvalue weighted by Gasteiger charge is -2.13. The topological polar surface area (TPSA) is 93.1 Å². The third kappa shape index (κ3) is 6.23. The molecule has 1 aromatic heterocycles. The monoisotopic (exact) mass is 402 g/mol. The molecule has 0 aliphatic heterocycles. The van der Waals surface area contributed by atoms with Crippen molar-refractivity contribution in [1.82, 2.24) is 20.2 Å². The normalized spacial score (nSPS) is 10.6. The van der Waals surface area contributed by atoms with Crippen molar-refractivity contribution in [2.45, 2.75) is 44.3 Å². The molecule has 0 saturated heterocycles. The lowest BCUT2D eigenvalue weighted by molar-refractivity contribution is -0.117. The first-order chi connectivity index (χ1) is 13.6. The molecule has 2 rings (SSSR count). The SMILES string of the molecule is C=CCNC(=O)NC(=O)CSc1nc2ccccc2c(=O)n1CCCCCC. The van der Waals surface area contributed by atoms with E-state index in [1.807, 2.05) is 12.1 Å². The molecule has 7 nitrogen and oxygen atoms in total. The number of fused-ring (bicyclic) bond motifs is 1. The Labute approximate surface area is 168 Å². The van der Waals surface area contributed by atoms with Crippen LogP contribution in [-0.4, -0.2) is 33.8 Å². The van der Waals surface area contributed by atoms with Crippen molar-refractivity contribution in [3.8, 4) is 0 Å². The number of rotatable bonds is 10. The van der Waals surface area contributed by atoms with Gasteiger partial charge in [0.05, 0.1) is 16.7 Å². The Bertz CT molecular complexity index is 895. The fourth-order valence-electron chi connectivity index (χ4n) is 2.65. The van der Waals surface area contributed by atoms with Gasteiger partial charge in [0.2, 0.25) is 5.91 Å². The quantitative estimate of drug-likeness (QED) is 0.276. The van der Waals surface area contributed by atoms with E-state index < -0.39 is 11.9 Å². The number of benzene rings is 1. The average Bonchev–Trinajstić information content (AvgIpc) is 2.69. The smallest absolute Gasteiger partial charge is 0.321 e. The molecule has 8 heteroatoms. The maximum Gasteiger partial charge on any atom is 0.321 e. The minimum atomic E-state index is -0.575. The van der Waals surface area contributed by atoms with Crippen LogP contribution in [-0.2, 0) is 11.3 Å². The molecule has 3 amide bonds. The highest BCUT2D eigenvalue weighted by molar-refractivity contribution is 7.99. The Morgan fingerprint density at radius 1 is 1.25 bits per heavy atom. The van der Waals surface area contributed by atoms with Crippen molar-refractivity contribution in [1.29, 1.82) is 0 Å². The lowest BCUT2D eigenvalue weighted by atomic mass is 10.2. The maximum atomic E-state index is 12.9. The molecular formula is C20H26N4O3S. The van der Waals surface area contributed by atoms with E-state index in [2.05, 4.69) is 29.1 Å². The summed E-state index contributed by atoms with van der Waals surface area (Å²) in [6.07, 6.45) is 5.65. The van der Waals surface area contributed by atoms with Crippen LogP contribution in [0.25, 0.3) is 10.9 Å². The van der Waals surface area contributed by atoms with E-state index in [9.17, 15) is 14.4 Å². The number of urea groups is 1. The second-order valence-electron chi connectivity index (χ2n) is 6.26. The molecule has 1 aromatic carbocycles. The number of para-hydroxylation sites is 1. The Kier molecular flexibility index (Phi) is 8.74. The molecule has 0 aliphatic carbocycles. The Morgan fingerprint density at radius 3 is 2.79 bits per heavy atom. The standard InChI is InChI=1S/C20H26N4O3S/c1-3-5-6-9-13-24-18(26)15-10-7-8-11-16(15)22-20(24)28-14-17(25)23-19(27)21-12-4-2/h4,7-8,10-11H,2-3,5-6,9,12-14H2,1H3,(H2,21,23,25,27). The molecule has 0 radical (unpaired) electrons. The van der Waals surface area contributed by atoms with Crippen molar-refractivity contribution < 1.29 is 9.59 Å². The number of aromatic nitrogens is 2. The summed E-state index contributed by atoms with van der Waals surface area (Å²) in [5, 5.41) is 5.77. The highest BCUT2D eigenvalue weighted by Crippen LogP contribution is 2.18. The zero-order valence-corrected chi connectivity index (χ0v) is 16.9. The molecule has 0 atom stereocenters. The van der Waals surface area contributed by atoms with E-state index in [0.717, 1.165) is 37.4 Å². The summed E-state index contributed by atoms with van der Waals surface area (Å²) < 4.78 is 1.63. The fourth-order valence-corrected chi connectivity index (χ4v) is 3.48. The van der Waals surface area contributed by atoms with Crippen LogP contribution in [0.2, 0.25) is 0 Å². The minimum Gasteiger partial charge on any atom is -0.334 e. The molecular weight excluding hydrogens is 376 g/mol. The number of unbranched alkanes of at least 4 members (excludes halogenated alkanes) is 3. The van der Waals surface area contributed by atoms with Crippen LogP contribution < -0.4 is 16.2 Å². The van der Waals surface area contributed by atoms with E-state index in [0.29, 0.717) is 22.6 Å². The first-order valence-corrected chi connectivity index (χ1v) is 10.4. The van der Waals surface area contributed by atoms with E-state index in [1.165, 1.54) is 6.08 Å². The van der Waals surface area contributed by atoms with Crippen LogP contribution in [0.3, 0.4) is 0 Å². The van der Waals surface area contributed by atoms with Gasteiger partial charge in [-0.2, -0.15) is 0 Å². The molecule has 2 N–H and O–H groups in total. The Hall–Kier alpha value is -2.61. The first kappa shape index (κ1) is 21.7. The second kappa shape index (κ2) is 11.3. The first-order valence-electron chi connectivity index (χ1n) is 9.37. The van der Waals surface area contributed by atoms with Crippen molar-refractivity contribution in [2.75, 3.05) is 12.3 Å².